The minimum atomic E-state index is -4.40. The zero-order chi connectivity index (χ0) is 19.8. The molecular formula is C22H25F3N2. The van der Waals surface area contributed by atoms with Crippen LogP contribution in [-0.4, -0.2) is 11.5 Å². The zero-order valence-corrected chi connectivity index (χ0v) is 15.9. The van der Waals surface area contributed by atoms with Crippen LogP contribution in [0.2, 0.25) is 0 Å². The van der Waals surface area contributed by atoms with Crippen molar-refractivity contribution in [1.29, 1.82) is 0 Å². The summed E-state index contributed by atoms with van der Waals surface area (Å²) in [5.74, 6) is 0. The van der Waals surface area contributed by atoms with Gasteiger partial charge in [-0.3, -0.25) is 0 Å². The number of hydrogen-bond acceptors (Lipinski definition) is 1. The predicted molar refractivity (Wildman–Crippen MR) is 105 cm³/mol. The molecule has 2 aromatic carbocycles. The Morgan fingerprint density at radius 2 is 1.67 bits per heavy atom. The molecule has 0 amide bonds. The first kappa shape index (κ1) is 19.5. The van der Waals surface area contributed by atoms with Gasteiger partial charge in [-0.2, -0.15) is 13.2 Å². The fourth-order valence-electron chi connectivity index (χ4n) is 4.00. The van der Waals surface area contributed by atoms with Crippen molar-refractivity contribution in [2.75, 3.05) is 6.54 Å². The summed E-state index contributed by atoms with van der Waals surface area (Å²) in [6, 6.07) is 8.55. The largest absolute Gasteiger partial charge is 0.418 e. The minimum absolute atomic E-state index is 0.169. The number of H-pyrrole nitrogens is 1. The van der Waals surface area contributed by atoms with E-state index in [2.05, 4.69) is 17.1 Å². The van der Waals surface area contributed by atoms with Gasteiger partial charge in [-0.1, -0.05) is 29.8 Å². The molecule has 0 unspecified atom stereocenters. The van der Waals surface area contributed by atoms with E-state index in [0.717, 1.165) is 52.4 Å². The van der Waals surface area contributed by atoms with Gasteiger partial charge in [0, 0.05) is 10.9 Å². The van der Waals surface area contributed by atoms with E-state index in [1.54, 1.807) is 6.07 Å². The summed E-state index contributed by atoms with van der Waals surface area (Å²) < 4.78 is 40.6. The molecule has 0 fully saturated rings. The second-order valence-corrected chi connectivity index (χ2v) is 7.22. The van der Waals surface area contributed by atoms with Gasteiger partial charge in [-0.05, 0) is 69.3 Å². The Bertz CT molecular complexity index is 945. The van der Waals surface area contributed by atoms with Gasteiger partial charge >= 0.3 is 6.18 Å². The van der Waals surface area contributed by atoms with Crippen molar-refractivity contribution < 1.29 is 13.2 Å². The molecule has 0 saturated carbocycles. The highest BCUT2D eigenvalue weighted by Gasteiger charge is 2.34. The molecule has 3 rings (SSSR count). The molecular weight excluding hydrogens is 349 g/mol. The minimum Gasteiger partial charge on any atom is -0.354 e. The van der Waals surface area contributed by atoms with Crippen molar-refractivity contribution in [3.05, 3.63) is 58.1 Å². The second-order valence-electron chi connectivity index (χ2n) is 7.22. The predicted octanol–water partition coefficient (Wildman–Crippen LogP) is 6.06. The van der Waals surface area contributed by atoms with Gasteiger partial charge < -0.3 is 10.7 Å². The third-order valence-electron chi connectivity index (χ3n) is 5.05. The second kappa shape index (κ2) is 7.39. The lowest BCUT2D eigenvalue weighted by Crippen LogP contribution is -2.05. The molecule has 3 N–H and O–H groups in total. The number of nitrogens with one attached hydrogen (secondary N) is 1. The Morgan fingerprint density at radius 1 is 1.00 bits per heavy atom. The van der Waals surface area contributed by atoms with Gasteiger partial charge in [0.05, 0.1) is 16.8 Å². The maximum atomic E-state index is 13.5. The summed E-state index contributed by atoms with van der Waals surface area (Å²) in [4.78, 5) is 3.13. The average Bonchev–Trinajstić information content (AvgIpc) is 2.91. The van der Waals surface area contributed by atoms with E-state index in [-0.39, 0.29) is 5.52 Å². The Morgan fingerprint density at radius 3 is 2.26 bits per heavy atom. The van der Waals surface area contributed by atoms with E-state index in [1.165, 1.54) is 6.07 Å². The number of para-hydroxylation sites is 1. The van der Waals surface area contributed by atoms with Crippen LogP contribution in [0.3, 0.4) is 0 Å². The number of benzene rings is 2. The van der Waals surface area contributed by atoms with Crippen molar-refractivity contribution in [2.24, 2.45) is 5.73 Å². The maximum Gasteiger partial charge on any atom is 0.418 e. The van der Waals surface area contributed by atoms with Crippen molar-refractivity contribution in [1.82, 2.24) is 4.98 Å². The molecule has 0 aliphatic rings. The first-order valence-electron chi connectivity index (χ1n) is 9.23. The van der Waals surface area contributed by atoms with Gasteiger partial charge in [0.15, 0.2) is 0 Å². The number of halogens is 3. The molecule has 0 atom stereocenters. The maximum absolute atomic E-state index is 13.5. The summed E-state index contributed by atoms with van der Waals surface area (Å²) in [7, 11) is 0. The van der Waals surface area contributed by atoms with Crippen molar-refractivity contribution >= 4 is 10.9 Å². The number of alkyl halides is 3. The van der Waals surface area contributed by atoms with E-state index in [9.17, 15) is 13.2 Å². The van der Waals surface area contributed by atoms with Gasteiger partial charge in [0.2, 0.25) is 0 Å². The Labute approximate surface area is 157 Å². The molecule has 2 nitrogen and oxygen atoms in total. The topological polar surface area (TPSA) is 41.8 Å². The summed E-state index contributed by atoms with van der Waals surface area (Å²) in [5, 5.41) is 0.649. The summed E-state index contributed by atoms with van der Waals surface area (Å²) in [6.07, 6.45) is -2.01. The lowest BCUT2D eigenvalue weighted by atomic mass is 9.93. The monoisotopic (exact) mass is 374 g/mol. The van der Waals surface area contributed by atoms with Crippen LogP contribution in [0.4, 0.5) is 13.2 Å². The summed E-state index contributed by atoms with van der Waals surface area (Å²) >= 11 is 0. The van der Waals surface area contributed by atoms with Gasteiger partial charge in [-0.25, -0.2) is 0 Å². The van der Waals surface area contributed by atoms with Crippen LogP contribution in [0.5, 0.6) is 0 Å². The van der Waals surface area contributed by atoms with Crippen molar-refractivity contribution in [2.45, 2.75) is 46.2 Å². The van der Waals surface area contributed by atoms with Crippen LogP contribution in [0.15, 0.2) is 30.3 Å². The van der Waals surface area contributed by atoms with Crippen LogP contribution >= 0.6 is 0 Å². The number of hydrogen-bond donors (Lipinski definition) is 2. The highest BCUT2D eigenvalue weighted by Crippen LogP contribution is 2.40. The molecule has 1 heterocycles. The van der Waals surface area contributed by atoms with Crippen LogP contribution in [0.1, 0.15) is 40.7 Å². The SMILES string of the molecule is Cc1cc(C)c(-c2[nH]c3c(C(F)(F)F)cccc3c2CCCCN)c(C)c1. The zero-order valence-electron chi connectivity index (χ0n) is 15.9. The van der Waals surface area contributed by atoms with Crippen LogP contribution in [0, 0.1) is 20.8 Å². The molecule has 27 heavy (non-hydrogen) atoms. The number of unbranched alkanes of at least 4 members (excludes halogenated alkanes) is 1. The Kier molecular flexibility index (Phi) is 5.33. The third kappa shape index (κ3) is 3.74. The van der Waals surface area contributed by atoms with Gasteiger partial charge in [0.25, 0.3) is 0 Å². The van der Waals surface area contributed by atoms with Crippen molar-refractivity contribution in [3.63, 3.8) is 0 Å². The molecule has 0 aliphatic carbocycles. The first-order valence-corrected chi connectivity index (χ1v) is 9.23. The fraction of sp³-hybridized carbons (Fsp3) is 0.364. The van der Waals surface area contributed by atoms with Gasteiger partial charge in [0.1, 0.15) is 0 Å². The Balaban J connectivity index is 2.30. The lowest BCUT2D eigenvalue weighted by molar-refractivity contribution is -0.136. The number of fused-ring (bicyclic) bond motifs is 1. The first-order chi connectivity index (χ1) is 12.7. The molecule has 144 valence electrons. The highest BCUT2D eigenvalue weighted by molar-refractivity contribution is 5.94. The fourth-order valence-corrected chi connectivity index (χ4v) is 4.00. The number of rotatable bonds is 5. The standard InChI is InChI=1S/C22H25F3N2/c1-13-11-14(2)19(15(3)12-13)21-17(7-4-5-10-26)16-8-6-9-18(20(16)27-21)22(23,24)25/h6,8-9,11-12,27H,4-5,7,10,26H2,1-3H3. The normalized spacial score (nSPS) is 12.1. The summed E-state index contributed by atoms with van der Waals surface area (Å²) in [6.45, 7) is 6.62. The van der Waals surface area contributed by atoms with E-state index in [4.69, 9.17) is 5.73 Å². The smallest absolute Gasteiger partial charge is 0.354 e. The molecule has 0 bridgehead atoms. The van der Waals surface area contributed by atoms with E-state index in [1.807, 2.05) is 20.8 Å². The van der Waals surface area contributed by atoms with Gasteiger partial charge in [-0.15, -0.1) is 0 Å². The average molecular weight is 374 g/mol. The number of nitrogens with two attached hydrogens (primary N) is 1. The molecule has 0 spiro atoms. The van der Waals surface area contributed by atoms with E-state index in [0.29, 0.717) is 18.4 Å². The molecule has 0 saturated heterocycles. The lowest BCUT2D eigenvalue weighted by Gasteiger charge is -2.13. The van der Waals surface area contributed by atoms with Crippen molar-refractivity contribution in [3.8, 4) is 11.3 Å². The molecule has 0 aliphatic heterocycles. The van der Waals surface area contributed by atoms with Crippen LogP contribution in [-0.2, 0) is 12.6 Å². The quantitative estimate of drug-likeness (QED) is 0.524. The Hall–Kier alpha value is -2.27. The third-order valence-corrected chi connectivity index (χ3v) is 5.05. The highest BCUT2D eigenvalue weighted by atomic mass is 19.4. The summed E-state index contributed by atoms with van der Waals surface area (Å²) in [5.41, 5.74) is 11.2. The number of aromatic nitrogens is 1. The van der Waals surface area contributed by atoms with E-state index < -0.39 is 11.7 Å². The molecule has 1 aromatic heterocycles. The van der Waals surface area contributed by atoms with E-state index >= 15 is 0 Å². The number of aromatic amines is 1. The number of aryl methyl sites for hydroxylation is 4. The molecule has 0 radical (unpaired) electrons. The molecule has 5 heteroatoms. The van der Waals surface area contributed by atoms with Crippen LogP contribution < -0.4 is 5.73 Å². The van der Waals surface area contributed by atoms with Crippen LogP contribution in [0.25, 0.3) is 22.2 Å². The molecule has 3 aromatic rings.